The lowest BCUT2D eigenvalue weighted by atomic mass is 10.1. The van der Waals surface area contributed by atoms with E-state index in [1.807, 2.05) is 26.1 Å². The second-order valence-electron chi connectivity index (χ2n) is 7.41. The Kier molecular flexibility index (Phi) is 5.62. The number of nitrogens with one attached hydrogen (secondary N) is 1. The molecule has 2 aromatic carbocycles. The molecule has 1 N–H and O–H groups in total. The molecular weight excluding hydrogens is 397 g/mol. The molecule has 0 aliphatic rings. The van der Waals surface area contributed by atoms with Gasteiger partial charge in [-0.1, -0.05) is 24.3 Å². The zero-order chi connectivity index (χ0) is 22.0. The summed E-state index contributed by atoms with van der Waals surface area (Å²) in [5.74, 6) is 0.0145. The maximum atomic E-state index is 13.4. The van der Waals surface area contributed by atoms with Gasteiger partial charge in [0, 0.05) is 32.4 Å². The van der Waals surface area contributed by atoms with Crippen molar-refractivity contribution in [1.29, 1.82) is 0 Å². The SMILES string of the molecule is Cc1cccc2c(=O)n(CCC(=O)NC(c3ccc(F)cc3)c3nccn3C)cnc12. The summed E-state index contributed by atoms with van der Waals surface area (Å²) in [7, 11) is 1.83. The van der Waals surface area contributed by atoms with Crippen LogP contribution in [0.25, 0.3) is 10.9 Å². The number of benzene rings is 2. The summed E-state index contributed by atoms with van der Waals surface area (Å²) in [4.78, 5) is 34.2. The highest BCUT2D eigenvalue weighted by Gasteiger charge is 2.21. The van der Waals surface area contributed by atoms with Gasteiger partial charge in [0.2, 0.25) is 5.91 Å². The molecule has 1 amide bonds. The van der Waals surface area contributed by atoms with E-state index in [0.717, 1.165) is 5.56 Å². The van der Waals surface area contributed by atoms with Gasteiger partial charge in [-0.3, -0.25) is 14.2 Å². The van der Waals surface area contributed by atoms with Crippen molar-refractivity contribution >= 4 is 16.8 Å². The summed E-state index contributed by atoms with van der Waals surface area (Å²) >= 11 is 0. The number of aromatic nitrogens is 4. The van der Waals surface area contributed by atoms with Crippen LogP contribution >= 0.6 is 0 Å². The Morgan fingerprint density at radius 3 is 2.65 bits per heavy atom. The van der Waals surface area contributed by atoms with Crippen molar-refractivity contribution in [2.75, 3.05) is 0 Å². The molecule has 4 rings (SSSR count). The van der Waals surface area contributed by atoms with Crippen LogP contribution in [-0.2, 0) is 18.4 Å². The Labute approximate surface area is 178 Å². The van der Waals surface area contributed by atoms with Crippen molar-refractivity contribution < 1.29 is 9.18 Å². The molecule has 1 atom stereocenters. The standard InChI is InChI=1S/C23H22FN5O2/c1-15-4-3-5-18-20(15)26-14-29(23(18)31)12-10-19(30)27-21(22-25-11-13-28(22)2)16-6-8-17(24)9-7-16/h3-9,11,13-14,21H,10,12H2,1-2H3,(H,27,30). The van der Waals surface area contributed by atoms with Crippen LogP contribution in [0.3, 0.4) is 0 Å². The molecule has 0 spiro atoms. The Hall–Kier alpha value is -3.81. The molecule has 8 heteroatoms. The molecule has 0 aliphatic carbocycles. The number of carbonyl (C=O) groups excluding carboxylic acids is 1. The molecule has 4 aromatic rings. The zero-order valence-electron chi connectivity index (χ0n) is 17.2. The molecular formula is C23H22FN5O2. The van der Waals surface area contributed by atoms with Crippen LogP contribution in [0.15, 0.2) is 66.0 Å². The minimum atomic E-state index is -0.540. The van der Waals surface area contributed by atoms with Crippen LogP contribution in [0.5, 0.6) is 0 Å². The average molecular weight is 419 g/mol. The van der Waals surface area contributed by atoms with Gasteiger partial charge in [-0.05, 0) is 36.2 Å². The monoisotopic (exact) mass is 419 g/mol. The molecule has 0 fully saturated rings. The molecule has 7 nitrogen and oxygen atoms in total. The van der Waals surface area contributed by atoms with Crippen molar-refractivity contribution in [2.45, 2.75) is 25.9 Å². The van der Waals surface area contributed by atoms with Gasteiger partial charge in [0.1, 0.15) is 17.7 Å². The first-order chi connectivity index (χ1) is 14.9. The number of hydrogen-bond acceptors (Lipinski definition) is 4. The van der Waals surface area contributed by atoms with Crippen LogP contribution in [0.4, 0.5) is 4.39 Å². The van der Waals surface area contributed by atoms with Gasteiger partial charge in [0.15, 0.2) is 0 Å². The van der Waals surface area contributed by atoms with Crippen molar-refractivity contribution in [3.8, 4) is 0 Å². The third kappa shape index (κ3) is 4.23. The van der Waals surface area contributed by atoms with Crippen molar-refractivity contribution in [1.82, 2.24) is 24.4 Å². The minimum absolute atomic E-state index is 0.0844. The van der Waals surface area contributed by atoms with Gasteiger partial charge in [0.25, 0.3) is 5.56 Å². The fourth-order valence-corrected chi connectivity index (χ4v) is 3.56. The number of imidazole rings is 1. The Bertz CT molecular complexity index is 1290. The first-order valence-corrected chi connectivity index (χ1v) is 9.91. The fourth-order valence-electron chi connectivity index (χ4n) is 3.56. The summed E-state index contributed by atoms with van der Waals surface area (Å²) in [5.41, 5.74) is 2.13. The second-order valence-corrected chi connectivity index (χ2v) is 7.41. The van der Waals surface area contributed by atoms with Gasteiger partial charge in [-0.25, -0.2) is 14.4 Å². The summed E-state index contributed by atoms with van der Waals surface area (Å²) in [6, 6.07) is 10.9. The van der Waals surface area contributed by atoms with E-state index < -0.39 is 6.04 Å². The largest absolute Gasteiger partial charge is 0.342 e. The van der Waals surface area contributed by atoms with Gasteiger partial charge in [-0.15, -0.1) is 0 Å². The Morgan fingerprint density at radius 1 is 1.16 bits per heavy atom. The molecule has 31 heavy (non-hydrogen) atoms. The van der Waals surface area contributed by atoms with E-state index in [-0.39, 0.29) is 30.2 Å². The van der Waals surface area contributed by atoms with Crippen LogP contribution in [0.1, 0.15) is 29.4 Å². The van der Waals surface area contributed by atoms with E-state index in [1.165, 1.54) is 23.0 Å². The van der Waals surface area contributed by atoms with Gasteiger partial charge >= 0.3 is 0 Å². The maximum Gasteiger partial charge on any atom is 0.261 e. The predicted molar refractivity (Wildman–Crippen MR) is 115 cm³/mol. The Balaban J connectivity index is 1.53. The third-order valence-electron chi connectivity index (χ3n) is 5.26. The van der Waals surface area contributed by atoms with Crippen LogP contribution in [-0.4, -0.2) is 25.0 Å². The molecule has 0 radical (unpaired) electrons. The van der Waals surface area contributed by atoms with Crippen molar-refractivity contribution in [3.05, 3.63) is 94.3 Å². The summed E-state index contributed by atoms with van der Waals surface area (Å²) in [5, 5.41) is 3.48. The molecule has 2 aromatic heterocycles. The van der Waals surface area contributed by atoms with Gasteiger partial charge < -0.3 is 9.88 Å². The van der Waals surface area contributed by atoms with Gasteiger partial charge in [0.05, 0.1) is 17.2 Å². The summed E-state index contributed by atoms with van der Waals surface area (Å²) in [6.07, 6.45) is 4.97. The van der Waals surface area contributed by atoms with E-state index in [0.29, 0.717) is 22.3 Å². The fraction of sp³-hybridized carbons (Fsp3) is 0.217. The van der Waals surface area contributed by atoms with E-state index in [4.69, 9.17) is 0 Å². The molecule has 0 saturated carbocycles. The first kappa shape index (κ1) is 20.5. The minimum Gasteiger partial charge on any atom is -0.342 e. The highest BCUT2D eigenvalue weighted by atomic mass is 19.1. The lowest BCUT2D eigenvalue weighted by Crippen LogP contribution is -2.32. The number of aryl methyl sites for hydroxylation is 3. The summed E-state index contributed by atoms with van der Waals surface area (Å²) in [6.45, 7) is 2.10. The van der Waals surface area contributed by atoms with Crippen LogP contribution in [0, 0.1) is 12.7 Å². The molecule has 2 heterocycles. The summed E-state index contributed by atoms with van der Waals surface area (Å²) < 4.78 is 16.6. The smallest absolute Gasteiger partial charge is 0.261 e. The number of amides is 1. The molecule has 0 saturated heterocycles. The topological polar surface area (TPSA) is 81.8 Å². The maximum absolute atomic E-state index is 13.4. The van der Waals surface area contributed by atoms with Crippen LogP contribution < -0.4 is 10.9 Å². The zero-order valence-corrected chi connectivity index (χ0v) is 17.2. The Morgan fingerprint density at radius 2 is 1.94 bits per heavy atom. The normalized spacial score (nSPS) is 12.1. The average Bonchev–Trinajstić information content (AvgIpc) is 3.18. The second kappa shape index (κ2) is 8.51. The van der Waals surface area contributed by atoms with E-state index in [1.54, 1.807) is 35.2 Å². The number of hydrogen-bond donors (Lipinski definition) is 1. The van der Waals surface area contributed by atoms with E-state index in [2.05, 4.69) is 15.3 Å². The molecule has 1 unspecified atom stereocenters. The van der Waals surface area contributed by atoms with E-state index >= 15 is 0 Å². The lowest BCUT2D eigenvalue weighted by molar-refractivity contribution is -0.121. The third-order valence-corrected chi connectivity index (χ3v) is 5.26. The molecule has 0 bridgehead atoms. The number of fused-ring (bicyclic) bond motifs is 1. The number of rotatable bonds is 6. The predicted octanol–water partition coefficient (Wildman–Crippen LogP) is 2.87. The first-order valence-electron chi connectivity index (χ1n) is 9.91. The lowest BCUT2D eigenvalue weighted by Gasteiger charge is -2.19. The quantitative estimate of drug-likeness (QED) is 0.521. The number of nitrogens with zero attached hydrogens (tertiary/aromatic N) is 4. The van der Waals surface area contributed by atoms with Crippen LogP contribution in [0.2, 0.25) is 0 Å². The number of halogens is 1. The highest BCUT2D eigenvalue weighted by molar-refractivity contribution is 5.80. The van der Waals surface area contributed by atoms with Crippen molar-refractivity contribution in [2.24, 2.45) is 7.05 Å². The molecule has 158 valence electrons. The molecule has 0 aliphatic heterocycles. The van der Waals surface area contributed by atoms with E-state index in [9.17, 15) is 14.0 Å². The van der Waals surface area contributed by atoms with Gasteiger partial charge in [-0.2, -0.15) is 0 Å². The van der Waals surface area contributed by atoms with Crippen molar-refractivity contribution in [3.63, 3.8) is 0 Å². The highest BCUT2D eigenvalue weighted by Crippen LogP contribution is 2.21. The number of carbonyl (C=O) groups is 1. The number of para-hydroxylation sites is 1.